The molecule has 0 spiro atoms. The Morgan fingerprint density at radius 2 is 2.05 bits per heavy atom. The van der Waals surface area contributed by atoms with Crippen LogP contribution in [-0.2, 0) is 4.79 Å². The molecule has 2 aromatic carbocycles. The van der Waals surface area contributed by atoms with E-state index in [2.05, 4.69) is 34.6 Å². The van der Waals surface area contributed by atoms with Gasteiger partial charge in [-0.15, -0.1) is 12.4 Å². The Morgan fingerprint density at radius 3 is 2.86 bits per heavy atom. The molecule has 1 aliphatic heterocycles. The van der Waals surface area contributed by atoms with Crippen LogP contribution in [0.4, 0.5) is 5.69 Å². The molecule has 1 fully saturated rings. The topological polar surface area (TPSA) is 44.4 Å². The number of anilines is 1. The Morgan fingerprint density at radius 1 is 1.27 bits per heavy atom. The van der Waals surface area contributed by atoms with Gasteiger partial charge < -0.3 is 10.6 Å². The molecule has 0 bridgehead atoms. The molecule has 1 heterocycles. The number of nitrogens with one attached hydrogen (secondary N) is 2. The molecule has 1 saturated heterocycles. The molecule has 2 aromatic rings. The third kappa shape index (κ3) is 3.77. The Kier molecular flexibility index (Phi) is 5.77. The second-order valence-corrected chi connectivity index (χ2v) is 5.60. The summed E-state index contributed by atoms with van der Waals surface area (Å²) in [7, 11) is 0. The van der Waals surface area contributed by atoms with Crippen LogP contribution in [0.1, 0.15) is 6.92 Å². The fraction of sp³-hybridized carbons (Fsp3) is 0.353. The van der Waals surface area contributed by atoms with Crippen molar-refractivity contribution in [3.63, 3.8) is 0 Å². The number of piperazine rings is 1. The molecule has 3 rings (SSSR count). The molecule has 2 N–H and O–H groups in total. The van der Waals surface area contributed by atoms with Gasteiger partial charge in [0.2, 0.25) is 5.91 Å². The zero-order valence-electron chi connectivity index (χ0n) is 12.7. The van der Waals surface area contributed by atoms with E-state index in [1.54, 1.807) is 0 Å². The van der Waals surface area contributed by atoms with E-state index < -0.39 is 0 Å². The molecule has 4 nitrogen and oxygen atoms in total. The first-order chi connectivity index (χ1) is 10.2. The minimum absolute atomic E-state index is 0. The lowest BCUT2D eigenvalue weighted by Crippen LogP contribution is -2.51. The predicted molar refractivity (Wildman–Crippen MR) is 93.7 cm³/mol. The van der Waals surface area contributed by atoms with E-state index in [0.717, 1.165) is 36.1 Å². The third-order valence-electron chi connectivity index (χ3n) is 4.05. The van der Waals surface area contributed by atoms with Gasteiger partial charge in [0.15, 0.2) is 0 Å². The van der Waals surface area contributed by atoms with E-state index in [-0.39, 0.29) is 18.3 Å². The molecule has 0 aliphatic carbocycles. The van der Waals surface area contributed by atoms with Crippen molar-refractivity contribution in [3.8, 4) is 0 Å². The lowest BCUT2D eigenvalue weighted by molar-refractivity contribution is -0.118. The number of amides is 1. The van der Waals surface area contributed by atoms with Gasteiger partial charge in [0.1, 0.15) is 0 Å². The maximum atomic E-state index is 12.3. The number of hydrogen-bond acceptors (Lipinski definition) is 3. The van der Waals surface area contributed by atoms with Crippen LogP contribution in [0.15, 0.2) is 42.5 Å². The third-order valence-corrected chi connectivity index (χ3v) is 4.05. The van der Waals surface area contributed by atoms with Crippen LogP contribution in [0.3, 0.4) is 0 Å². The molecule has 1 aliphatic rings. The van der Waals surface area contributed by atoms with E-state index >= 15 is 0 Å². The first kappa shape index (κ1) is 16.7. The summed E-state index contributed by atoms with van der Waals surface area (Å²) in [6.45, 7) is 5.42. The fourth-order valence-electron chi connectivity index (χ4n) is 2.83. The van der Waals surface area contributed by atoms with Crippen LogP contribution < -0.4 is 10.6 Å². The van der Waals surface area contributed by atoms with Crippen LogP contribution >= 0.6 is 12.4 Å². The summed E-state index contributed by atoms with van der Waals surface area (Å²) in [6.07, 6.45) is 0. The summed E-state index contributed by atoms with van der Waals surface area (Å²) < 4.78 is 0. The minimum atomic E-state index is 0. The predicted octanol–water partition coefficient (Wildman–Crippen LogP) is 2.49. The number of carbonyl (C=O) groups is 1. The number of benzene rings is 2. The van der Waals surface area contributed by atoms with Crippen molar-refractivity contribution >= 4 is 34.8 Å². The van der Waals surface area contributed by atoms with Gasteiger partial charge in [0, 0.05) is 36.7 Å². The number of halogens is 1. The normalized spacial score (nSPS) is 18.7. The Bertz CT molecular complexity index is 641. The van der Waals surface area contributed by atoms with Gasteiger partial charge in [-0.1, -0.05) is 36.4 Å². The lowest BCUT2D eigenvalue weighted by atomic mass is 10.1. The first-order valence-corrected chi connectivity index (χ1v) is 7.46. The van der Waals surface area contributed by atoms with Crippen molar-refractivity contribution in [1.82, 2.24) is 10.2 Å². The Balaban J connectivity index is 0.00000176. The summed E-state index contributed by atoms with van der Waals surface area (Å²) in [4.78, 5) is 14.5. The van der Waals surface area contributed by atoms with Crippen LogP contribution in [0.2, 0.25) is 0 Å². The Hall–Kier alpha value is -1.62. The quantitative estimate of drug-likeness (QED) is 0.913. The zero-order chi connectivity index (χ0) is 14.7. The maximum Gasteiger partial charge on any atom is 0.238 e. The van der Waals surface area contributed by atoms with Crippen molar-refractivity contribution in [3.05, 3.63) is 42.5 Å². The van der Waals surface area contributed by atoms with E-state index in [4.69, 9.17) is 0 Å². The summed E-state index contributed by atoms with van der Waals surface area (Å²) in [5, 5.41) is 8.62. The minimum Gasteiger partial charge on any atom is -0.324 e. The van der Waals surface area contributed by atoms with Crippen molar-refractivity contribution in [2.75, 3.05) is 31.5 Å². The van der Waals surface area contributed by atoms with Gasteiger partial charge in [-0.25, -0.2) is 0 Å². The van der Waals surface area contributed by atoms with Gasteiger partial charge in [-0.2, -0.15) is 0 Å². The number of carbonyl (C=O) groups excluding carboxylic acids is 1. The summed E-state index contributed by atoms with van der Waals surface area (Å²) >= 11 is 0. The van der Waals surface area contributed by atoms with Crippen molar-refractivity contribution in [2.24, 2.45) is 0 Å². The van der Waals surface area contributed by atoms with Gasteiger partial charge in [0.05, 0.1) is 6.54 Å². The summed E-state index contributed by atoms with van der Waals surface area (Å²) in [6, 6.07) is 14.5. The highest BCUT2D eigenvalue weighted by Crippen LogP contribution is 2.22. The molecule has 0 unspecified atom stereocenters. The fourth-order valence-corrected chi connectivity index (χ4v) is 2.83. The number of rotatable bonds is 3. The molecule has 0 saturated carbocycles. The highest BCUT2D eigenvalue weighted by Gasteiger charge is 2.20. The standard InChI is InChI=1S/C17H21N3O.ClH/c1-13-11-18-9-10-20(13)12-17(21)19-16-8-4-6-14-5-2-3-7-15(14)16;/h2-8,13,18H,9-12H2,1H3,(H,19,21);1H/t13-;/m1./s1. The van der Waals surface area contributed by atoms with Gasteiger partial charge in [0.25, 0.3) is 0 Å². The van der Waals surface area contributed by atoms with Gasteiger partial charge >= 0.3 is 0 Å². The van der Waals surface area contributed by atoms with Crippen molar-refractivity contribution < 1.29 is 4.79 Å². The molecule has 1 amide bonds. The van der Waals surface area contributed by atoms with E-state index in [1.807, 2.05) is 30.3 Å². The van der Waals surface area contributed by atoms with E-state index in [0.29, 0.717) is 12.6 Å². The SMILES string of the molecule is C[C@@H]1CNCCN1CC(=O)Nc1cccc2ccccc12.Cl. The largest absolute Gasteiger partial charge is 0.324 e. The average molecular weight is 320 g/mol. The highest BCUT2D eigenvalue weighted by atomic mass is 35.5. The molecule has 118 valence electrons. The number of hydrogen-bond donors (Lipinski definition) is 2. The van der Waals surface area contributed by atoms with E-state index in [9.17, 15) is 4.79 Å². The molecular formula is C17H22ClN3O. The molecular weight excluding hydrogens is 298 g/mol. The molecule has 0 radical (unpaired) electrons. The van der Waals surface area contributed by atoms with Crippen LogP contribution in [0.25, 0.3) is 10.8 Å². The second-order valence-electron chi connectivity index (χ2n) is 5.60. The first-order valence-electron chi connectivity index (χ1n) is 7.46. The lowest BCUT2D eigenvalue weighted by Gasteiger charge is -2.33. The van der Waals surface area contributed by atoms with Crippen LogP contribution in [0.5, 0.6) is 0 Å². The van der Waals surface area contributed by atoms with E-state index in [1.165, 1.54) is 0 Å². The zero-order valence-corrected chi connectivity index (χ0v) is 13.5. The average Bonchev–Trinajstić information content (AvgIpc) is 2.50. The number of fused-ring (bicyclic) bond motifs is 1. The summed E-state index contributed by atoms with van der Waals surface area (Å²) in [5.41, 5.74) is 0.890. The van der Waals surface area contributed by atoms with Gasteiger partial charge in [-0.05, 0) is 18.4 Å². The molecule has 0 aromatic heterocycles. The Labute approximate surface area is 137 Å². The highest BCUT2D eigenvalue weighted by molar-refractivity contribution is 6.02. The van der Waals surface area contributed by atoms with Crippen LogP contribution in [0, 0.1) is 0 Å². The molecule has 1 atom stereocenters. The smallest absolute Gasteiger partial charge is 0.238 e. The number of nitrogens with zero attached hydrogens (tertiary/aromatic N) is 1. The van der Waals surface area contributed by atoms with Crippen LogP contribution in [-0.4, -0.2) is 43.0 Å². The monoisotopic (exact) mass is 319 g/mol. The van der Waals surface area contributed by atoms with Gasteiger partial charge in [-0.3, -0.25) is 9.69 Å². The maximum absolute atomic E-state index is 12.3. The molecule has 5 heteroatoms. The van der Waals surface area contributed by atoms with Crippen molar-refractivity contribution in [2.45, 2.75) is 13.0 Å². The summed E-state index contributed by atoms with van der Waals surface area (Å²) in [5.74, 6) is 0.0557. The molecule has 22 heavy (non-hydrogen) atoms. The van der Waals surface area contributed by atoms with Crippen molar-refractivity contribution in [1.29, 1.82) is 0 Å². The second kappa shape index (κ2) is 7.58.